The first-order chi connectivity index (χ1) is 6.50. The minimum absolute atomic E-state index is 0.431. The van der Waals surface area contributed by atoms with Gasteiger partial charge in [0.15, 0.2) is 0 Å². The van der Waals surface area contributed by atoms with Gasteiger partial charge in [-0.2, -0.15) is 0 Å². The van der Waals surface area contributed by atoms with E-state index < -0.39 is 0 Å². The van der Waals surface area contributed by atoms with Gasteiger partial charge < -0.3 is 10.6 Å². The predicted octanol–water partition coefficient (Wildman–Crippen LogP) is 1.95. The highest BCUT2D eigenvalue weighted by molar-refractivity contribution is 4.81. The van der Waals surface area contributed by atoms with E-state index in [4.69, 9.17) is 5.73 Å². The van der Waals surface area contributed by atoms with E-state index >= 15 is 0 Å². The molecule has 3 atom stereocenters. The van der Waals surface area contributed by atoms with Crippen molar-refractivity contribution in [2.24, 2.45) is 23.5 Å². The molecule has 0 aromatic carbocycles. The Kier molecular flexibility index (Phi) is 4.39. The predicted molar refractivity (Wildman–Crippen MR) is 62.2 cm³/mol. The molecule has 1 saturated heterocycles. The Morgan fingerprint density at radius 2 is 2.00 bits per heavy atom. The number of piperidine rings is 1. The number of hydrogen-bond donors (Lipinski definition) is 1. The van der Waals surface area contributed by atoms with Crippen molar-refractivity contribution in [3.8, 4) is 0 Å². The highest BCUT2D eigenvalue weighted by atomic mass is 15.1. The largest absolute Gasteiger partial charge is 0.327 e. The average molecular weight is 198 g/mol. The summed E-state index contributed by atoms with van der Waals surface area (Å²) in [5.74, 6) is 2.26. The van der Waals surface area contributed by atoms with Crippen molar-refractivity contribution in [2.45, 2.75) is 40.2 Å². The van der Waals surface area contributed by atoms with Crippen LogP contribution < -0.4 is 5.73 Å². The summed E-state index contributed by atoms with van der Waals surface area (Å²) in [6.45, 7) is 12.9. The van der Waals surface area contributed by atoms with Gasteiger partial charge in [-0.05, 0) is 30.7 Å². The monoisotopic (exact) mass is 198 g/mol. The molecule has 1 aliphatic rings. The molecule has 2 N–H and O–H groups in total. The fourth-order valence-corrected chi connectivity index (χ4v) is 2.03. The lowest BCUT2D eigenvalue weighted by atomic mass is 9.92. The van der Waals surface area contributed by atoms with Crippen LogP contribution in [0.25, 0.3) is 0 Å². The van der Waals surface area contributed by atoms with Crippen LogP contribution in [0.15, 0.2) is 0 Å². The molecule has 2 nitrogen and oxygen atoms in total. The van der Waals surface area contributed by atoms with Crippen molar-refractivity contribution in [1.82, 2.24) is 4.90 Å². The summed E-state index contributed by atoms with van der Waals surface area (Å²) in [5.41, 5.74) is 6.00. The summed E-state index contributed by atoms with van der Waals surface area (Å²) in [7, 11) is 0. The molecule has 0 amide bonds. The maximum Gasteiger partial charge on any atom is 0.00889 e. The molecule has 14 heavy (non-hydrogen) atoms. The lowest BCUT2D eigenvalue weighted by molar-refractivity contribution is 0.135. The Hall–Kier alpha value is -0.0800. The summed E-state index contributed by atoms with van der Waals surface area (Å²) in [5, 5.41) is 0. The first-order valence-electron chi connectivity index (χ1n) is 5.98. The first-order valence-corrected chi connectivity index (χ1v) is 5.98. The highest BCUT2D eigenvalue weighted by Crippen LogP contribution is 2.18. The van der Waals surface area contributed by atoms with E-state index in [1.165, 1.54) is 26.1 Å². The van der Waals surface area contributed by atoms with Gasteiger partial charge in [0.2, 0.25) is 0 Å². The molecule has 0 aromatic heterocycles. The molecule has 3 unspecified atom stereocenters. The molecule has 1 heterocycles. The Balaban J connectivity index is 2.33. The van der Waals surface area contributed by atoms with E-state index in [-0.39, 0.29) is 0 Å². The van der Waals surface area contributed by atoms with Gasteiger partial charge in [0.25, 0.3) is 0 Å². The number of hydrogen-bond acceptors (Lipinski definition) is 2. The van der Waals surface area contributed by atoms with E-state index in [9.17, 15) is 0 Å². The topological polar surface area (TPSA) is 29.3 Å². The van der Waals surface area contributed by atoms with Crippen LogP contribution in [0.5, 0.6) is 0 Å². The van der Waals surface area contributed by atoms with Crippen LogP contribution in [0.4, 0.5) is 0 Å². The summed E-state index contributed by atoms with van der Waals surface area (Å²) in [6, 6.07) is 0.431. The van der Waals surface area contributed by atoms with Gasteiger partial charge in [-0.25, -0.2) is 0 Å². The van der Waals surface area contributed by atoms with Gasteiger partial charge in [0.05, 0.1) is 0 Å². The summed E-state index contributed by atoms with van der Waals surface area (Å²) < 4.78 is 0. The Labute approximate surface area is 88.8 Å². The fraction of sp³-hybridized carbons (Fsp3) is 1.00. The van der Waals surface area contributed by atoms with Gasteiger partial charge in [-0.3, -0.25) is 0 Å². The smallest absolute Gasteiger partial charge is 0.00889 e. The van der Waals surface area contributed by atoms with E-state index in [2.05, 4.69) is 32.6 Å². The van der Waals surface area contributed by atoms with Gasteiger partial charge in [0, 0.05) is 19.1 Å². The van der Waals surface area contributed by atoms with Crippen LogP contribution in [-0.4, -0.2) is 30.6 Å². The maximum absolute atomic E-state index is 6.00. The third-order valence-corrected chi connectivity index (χ3v) is 3.74. The van der Waals surface area contributed by atoms with Crippen molar-refractivity contribution in [3.05, 3.63) is 0 Å². The second-order valence-electron chi connectivity index (χ2n) is 5.41. The van der Waals surface area contributed by atoms with Crippen LogP contribution in [0.2, 0.25) is 0 Å². The Morgan fingerprint density at radius 1 is 1.36 bits per heavy atom. The molecule has 0 saturated carbocycles. The Morgan fingerprint density at radius 3 is 2.50 bits per heavy atom. The van der Waals surface area contributed by atoms with Gasteiger partial charge in [-0.15, -0.1) is 0 Å². The Bertz CT molecular complexity index is 168. The first kappa shape index (κ1) is 12.0. The van der Waals surface area contributed by atoms with Crippen molar-refractivity contribution < 1.29 is 0 Å². The lowest BCUT2D eigenvalue weighted by Gasteiger charge is -2.37. The summed E-state index contributed by atoms with van der Waals surface area (Å²) in [6.07, 6.45) is 1.17. The lowest BCUT2D eigenvalue weighted by Crippen LogP contribution is -2.47. The van der Waals surface area contributed by atoms with Crippen molar-refractivity contribution in [3.63, 3.8) is 0 Å². The quantitative estimate of drug-likeness (QED) is 0.751. The summed E-state index contributed by atoms with van der Waals surface area (Å²) in [4.78, 5) is 2.58. The second-order valence-corrected chi connectivity index (χ2v) is 5.41. The van der Waals surface area contributed by atoms with Crippen LogP contribution in [0.1, 0.15) is 34.1 Å². The number of nitrogens with zero attached hydrogens (tertiary/aromatic N) is 1. The van der Waals surface area contributed by atoms with Crippen LogP contribution in [0.3, 0.4) is 0 Å². The minimum atomic E-state index is 0.431. The van der Waals surface area contributed by atoms with Gasteiger partial charge >= 0.3 is 0 Å². The normalized spacial score (nSPS) is 32.1. The average Bonchev–Trinajstić information content (AvgIpc) is 2.11. The standard InChI is InChI=1S/C12H26N2/c1-9(2)10(3)7-14-6-5-12(13)11(4)8-14/h9-12H,5-8,13H2,1-4H3. The SMILES string of the molecule is CC(C)C(C)CN1CCC(N)C(C)C1. The number of rotatable bonds is 3. The third kappa shape index (κ3) is 3.25. The highest BCUT2D eigenvalue weighted by Gasteiger charge is 2.24. The number of likely N-dealkylation sites (tertiary alicyclic amines) is 1. The molecule has 0 aromatic rings. The van der Waals surface area contributed by atoms with E-state index in [0.29, 0.717) is 12.0 Å². The van der Waals surface area contributed by atoms with E-state index in [0.717, 1.165) is 11.8 Å². The van der Waals surface area contributed by atoms with Crippen molar-refractivity contribution in [1.29, 1.82) is 0 Å². The number of nitrogens with two attached hydrogens (primary N) is 1. The molecule has 0 bridgehead atoms. The zero-order valence-electron chi connectivity index (χ0n) is 10.2. The zero-order chi connectivity index (χ0) is 10.7. The molecule has 84 valence electrons. The molecule has 0 spiro atoms. The molecular weight excluding hydrogens is 172 g/mol. The van der Waals surface area contributed by atoms with Crippen molar-refractivity contribution in [2.75, 3.05) is 19.6 Å². The second kappa shape index (κ2) is 5.13. The van der Waals surface area contributed by atoms with E-state index in [1.807, 2.05) is 0 Å². The maximum atomic E-state index is 6.00. The van der Waals surface area contributed by atoms with Gasteiger partial charge in [-0.1, -0.05) is 27.7 Å². The molecule has 1 fully saturated rings. The molecule has 2 heteroatoms. The third-order valence-electron chi connectivity index (χ3n) is 3.74. The van der Waals surface area contributed by atoms with Crippen LogP contribution in [0, 0.1) is 17.8 Å². The van der Waals surface area contributed by atoms with E-state index in [1.54, 1.807) is 0 Å². The molecule has 1 rings (SSSR count). The summed E-state index contributed by atoms with van der Waals surface area (Å²) >= 11 is 0. The van der Waals surface area contributed by atoms with Crippen LogP contribution >= 0.6 is 0 Å². The van der Waals surface area contributed by atoms with Crippen molar-refractivity contribution >= 4 is 0 Å². The molecule has 0 aliphatic carbocycles. The minimum Gasteiger partial charge on any atom is -0.327 e. The molecule has 1 aliphatic heterocycles. The zero-order valence-corrected chi connectivity index (χ0v) is 10.2. The molecular formula is C12H26N2. The van der Waals surface area contributed by atoms with Gasteiger partial charge in [0.1, 0.15) is 0 Å². The van der Waals surface area contributed by atoms with Crippen LogP contribution in [-0.2, 0) is 0 Å². The molecule has 0 radical (unpaired) electrons. The fourth-order valence-electron chi connectivity index (χ4n) is 2.03.